The van der Waals surface area contributed by atoms with Gasteiger partial charge in [-0.15, -0.1) is 5.11 Å². The van der Waals surface area contributed by atoms with Crippen LogP contribution in [0.1, 0.15) is 18.1 Å². The first-order valence-electron chi connectivity index (χ1n) is 12.6. The number of nitrogens with one attached hydrogen (secondary N) is 1. The van der Waals surface area contributed by atoms with Crippen molar-refractivity contribution in [3.63, 3.8) is 0 Å². The Balaban J connectivity index is 1.51. The van der Waals surface area contributed by atoms with Gasteiger partial charge in [-0.1, -0.05) is 55.1 Å². The zero-order valence-electron chi connectivity index (χ0n) is 22.5. The predicted octanol–water partition coefficient (Wildman–Crippen LogP) is 8.50. The summed E-state index contributed by atoms with van der Waals surface area (Å²) in [5.41, 5.74) is 4.73. The molecule has 1 N–H and O–H groups in total. The number of nitrogens with zero attached hydrogens (tertiary/aromatic N) is 4. The third-order valence-electron chi connectivity index (χ3n) is 5.85. The summed E-state index contributed by atoms with van der Waals surface area (Å²) in [7, 11) is 0. The Bertz CT molecular complexity index is 1630. The first-order valence-corrected chi connectivity index (χ1v) is 12.6. The van der Waals surface area contributed by atoms with Gasteiger partial charge < -0.3 is 14.8 Å². The van der Waals surface area contributed by atoms with Gasteiger partial charge in [-0.25, -0.2) is 9.59 Å². The number of amides is 1. The molecule has 0 heterocycles. The second kappa shape index (κ2) is 13.1. The Hall–Kier alpha value is -5.18. The maximum Gasteiger partial charge on any atom is 0.412 e. The van der Waals surface area contributed by atoms with Crippen molar-refractivity contribution in [1.29, 1.82) is 0 Å². The molecule has 1 amide bonds. The Morgan fingerprint density at radius 3 is 2.33 bits per heavy atom. The monoisotopic (exact) mass is 535 g/mol. The summed E-state index contributed by atoms with van der Waals surface area (Å²) in [5, 5.41) is 21.9. The highest BCUT2D eigenvalue weighted by Gasteiger charge is 2.13. The molecule has 0 saturated carbocycles. The third-order valence-corrected chi connectivity index (χ3v) is 5.85. The van der Waals surface area contributed by atoms with Crippen LogP contribution < -0.4 is 10.1 Å². The molecule has 40 heavy (non-hydrogen) atoms. The van der Waals surface area contributed by atoms with E-state index in [1.54, 1.807) is 13.0 Å². The summed E-state index contributed by atoms with van der Waals surface area (Å²) >= 11 is 0. The average molecular weight is 536 g/mol. The maximum absolute atomic E-state index is 12.4. The number of carbonyl (C=O) groups excluding carboxylic acids is 2. The zero-order chi connectivity index (χ0) is 28.5. The smallest absolute Gasteiger partial charge is 0.412 e. The zero-order valence-corrected chi connectivity index (χ0v) is 22.5. The van der Waals surface area contributed by atoms with E-state index >= 15 is 0 Å². The maximum atomic E-state index is 12.4. The van der Waals surface area contributed by atoms with E-state index in [0.29, 0.717) is 17.1 Å². The van der Waals surface area contributed by atoms with Gasteiger partial charge in [-0.3, -0.25) is 0 Å². The molecule has 0 aliphatic heterocycles. The molecule has 0 bridgehead atoms. The fraction of sp³-hybridized carbons (Fsp3) is 0.161. The van der Waals surface area contributed by atoms with Gasteiger partial charge in [-0.05, 0) is 67.6 Å². The van der Waals surface area contributed by atoms with E-state index < -0.39 is 12.1 Å². The summed E-state index contributed by atoms with van der Waals surface area (Å²) in [5.74, 6) is -0.287. The van der Waals surface area contributed by atoms with E-state index in [1.807, 2.05) is 86.6 Å². The highest BCUT2D eigenvalue weighted by atomic mass is 16.6. The van der Waals surface area contributed by atoms with Crippen LogP contribution in [-0.2, 0) is 9.53 Å². The van der Waals surface area contributed by atoms with Crippen LogP contribution >= 0.6 is 0 Å². The van der Waals surface area contributed by atoms with Crippen molar-refractivity contribution < 1.29 is 19.1 Å². The molecule has 4 aromatic carbocycles. The lowest BCUT2D eigenvalue weighted by Crippen LogP contribution is -2.30. The number of rotatable bonds is 9. The van der Waals surface area contributed by atoms with Gasteiger partial charge in [-0.2, -0.15) is 15.3 Å². The van der Waals surface area contributed by atoms with Gasteiger partial charge in [0, 0.05) is 11.0 Å². The molecule has 9 heteroatoms. The number of esters is 1. The normalized spacial score (nSPS) is 11.2. The van der Waals surface area contributed by atoms with Crippen molar-refractivity contribution in [2.24, 2.45) is 20.5 Å². The number of carbonyl (C=O) groups is 2. The van der Waals surface area contributed by atoms with Crippen molar-refractivity contribution in [3.8, 4) is 5.75 Å². The number of benzene rings is 4. The minimum Gasteiger partial charge on any atom is -0.460 e. The molecule has 0 radical (unpaired) electrons. The van der Waals surface area contributed by atoms with Crippen LogP contribution in [0.25, 0.3) is 10.8 Å². The molecule has 0 aliphatic rings. The summed E-state index contributed by atoms with van der Waals surface area (Å²) in [6.45, 7) is 9.03. The van der Waals surface area contributed by atoms with Crippen LogP contribution in [0.5, 0.6) is 5.75 Å². The molecular weight excluding hydrogens is 506 g/mol. The molecule has 9 nitrogen and oxygen atoms in total. The average Bonchev–Trinajstić information content (AvgIpc) is 2.94. The van der Waals surface area contributed by atoms with Crippen LogP contribution in [-0.4, -0.2) is 25.2 Å². The van der Waals surface area contributed by atoms with Crippen molar-refractivity contribution >= 4 is 45.6 Å². The summed E-state index contributed by atoms with van der Waals surface area (Å²) in [6.07, 6.45) is -0.711. The molecule has 4 rings (SSSR count). The first kappa shape index (κ1) is 27.8. The third kappa shape index (κ3) is 7.22. The molecular formula is C31H29N5O4. The van der Waals surface area contributed by atoms with Gasteiger partial charge in [0.1, 0.15) is 12.3 Å². The largest absolute Gasteiger partial charge is 0.460 e. The van der Waals surface area contributed by atoms with Crippen LogP contribution in [0.4, 0.5) is 27.5 Å². The highest BCUT2D eigenvalue weighted by molar-refractivity contribution is 5.96. The number of azo groups is 2. The predicted molar refractivity (Wildman–Crippen MR) is 154 cm³/mol. The first-order chi connectivity index (χ1) is 19.3. The summed E-state index contributed by atoms with van der Waals surface area (Å²) in [6, 6.07) is 24.4. The van der Waals surface area contributed by atoms with Crippen molar-refractivity contribution in [2.45, 2.75) is 20.8 Å². The quantitative estimate of drug-likeness (QED) is 0.100. The Labute approximate surface area is 232 Å². The SMILES string of the molecule is C=C(C)C(=O)OCCNC(=O)Oc1ccc2ccccc2c1N=Nc1ccc(N=Nc2ccccc2C)cc1C. The summed E-state index contributed by atoms with van der Waals surface area (Å²) < 4.78 is 10.5. The Morgan fingerprint density at radius 1 is 0.825 bits per heavy atom. The van der Waals surface area contributed by atoms with Gasteiger partial charge in [0.05, 0.1) is 23.6 Å². The van der Waals surface area contributed by atoms with Crippen LogP contribution in [0, 0.1) is 13.8 Å². The van der Waals surface area contributed by atoms with E-state index in [2.05, 4.69) is 32.4 Å². The van der Waals surface area contributed by atoms with Crippen LogP contribution in [0.2, 0.25) is 0 Å². The van der Waals surface area contributed by atoms with Crippen molar-refractivity contribution in [1.82, 2.24) is 5.32 Å². The van der Waals surface area contributed by atoms with Gasteiger partial charge >= 0.3 is 12.1 Å². The molecule has 202 valence electrons. The highest BCUT2D eigenvalue weighted by Crippen LogP contribution is 2.38. The fourth-order valence-corrected chi connectivity index (χ4v) is 3.68. The lowest BCUT2D eigenvalue weighted by Gasteiger charge is -2.11. The number of hydrogen-bond donors (Lipinski definition) is 1. The number of ether oxygens (including phenoxy) is 2. The molecule has 0 atom stereocenters. The molecule has 0 saturated heterocycles. The lowest BCUT2D eigenvalue weighted by atomic mass is 10.1. The molecule has 0 aliphatic carbocycles. The standard InChI is InChI=1S/C31H29N5O4/c1-20(2)30(37)39-18-17-32-31(38)40-28-16-13-23-10-6-7-11-25(23)29(28)36-35-27-15-14-24(19-22(27)4)33-34-26-12-8-5-9-21(26)3/h5-16,19H,1,17-18H2,2-4H3,(H,32,38). The fourth-order valence-electron chi connectivity index (χ4n) is 3.68. The second-order valence-corrected chi connectivity index (χ2v) is 9.02. The molecule has 0 aromatic heterocycles. The van der Waals surface area contributed by atoms with E-state index in [0.717, 1.165) is 27.6 Å². The minimum atomic E-state index is -0.711. The van der Waals surface area contributed by atoms with E-state index in [-0.39, 0.29) is 24.5 Å². The molecule has 0 fully saturated rings. The topological polar surface area (TPSA) is 114 Å². The van der Waals surface area contributed by atoms with Gasteiger partial charge in [0.2, 0.25) is 0 Å². The molecule has 0 spiro atoms. The lowest BCUT2D eigenvalue weighted by molar-refractivity contribution is -0.138. The van der Waals surface area contributed by atoms with E-state index in [1.165, 1.54) is 0 Å². The minimum absolute atomic E-state index is 0.00905. The Kier molecular flexibility index (Phi) is 9.09. The number of fused-ring (bicyclic) bond motifs is 1. The van der Waals surface area contributed by atoms with Crippen molar-refractivity contribution in [3.05, 3.63) is 102 Å². The van der Waals surface area contributed by atoms with E-state index in [9.17, 15) is 9.59 Å². The summed E-state index contributed by atoms with van der Waals surface area (Å²) in [4.78, 5) is 23.9. The molecule has 0 unspecified atom stereocenters. The Morgan fingerprint density at radius 2 is 1.55 bits per heavy atom. The van der Waals surface area contributed by atoms with Gasteiger partial charge in [0.15, 0.2) is 5.75 Å². The second-order valence-electron chi connectivity index (χ2n) is 9.02. The van der Waals surface area contributed by atoms with Crippen LogP contribution in [0.15, 0.2) is 111 Å². The molecule has 4 aromatic rings. The van der Waals surface area contributed by atoms with Gasteiger partial charge in [0.25, 0.3) is 0 Å². The van der Waals surface area contributed by atoms with Crippen LogP contribution in [0.3, 0.4) is 0 Å². The van der Waals surface area contributed by atoms with Crippen molar-refractivity contribution in [2.75, 3.05) is 13.2 Å². The number of hydrogen-bond acceptors (Lipinski definition) is 8. The number of aryl methyl sites for hydroxylation is 2. The van der Waals surface area contributed by atoms with E-state index in [4.69, 9.17) is 9.47 Å².